The van der Waals surface area contributed by atoms with Gasteiger partial charge in [-0.1, -0.05) is 13.8 Å². The van der Waals surface area contributed by atoms with E-state index in [1.165, 1.54) is 17.9 Å². The summed E-state index contributed by atoms with van der Waals surface area (Å²) < 4.78 is 6.09. The zero-order chi connectivity index (χ0) is 19.3. The summed E-state index contributed by atoms with van der Waals surface area (Å²) in [5, 5.41) is 9.12. The first kappa shape index (κ1) is 19.3. The van der Waals surface area contributed by atoms with E-state index in [-0.39, 0.29) is 29.8 Å². The molecule has 0 atom stereocenters. The first-order chi connectivity index (χ1) is 12.3. The quantitative estimate of drug-likeness (QED) is 0.493. The van der Waals surface area contributed by atoms with E-state index < -0.39 is 11.8 Å². The van der Waals surface area contributed by atoms with Crippen LogP contribution in [-0.2, 0) is 14.3 Å². The molecular formula is C16H22N6O4. The van der Waals surface area contributed by atoms with Gasteiger partial charge in [-0.15, -0.1) is 0 Å². The molecule has 0 aliphatic heterocycles. The number of anilines is 1. The molecule has 10 heteroatoms. The van der Waals surface area contributed by atoms with Crippen molar-refractivity contribution in [1.29, 1.82) is 0 Å². The number of aromatic amines is 1. The molecule has 0 aliphatic carbocycles. The van der Waals surface area contributed by atoms with Crippen molar-refractivity contribution in [3.05, 3.63) is 33.9 Å². The van der Waals surface area contributed by atoms with Gasteiger partial charge in [-0.3, -0.25) is 19.4 Å². The second-order valence-corrected chi connectivity index (χ2v) is 5.93. The average Bonchev–Trinajstić information content (AvgIpc) is 2.94. The van der Waals surface area contributed by atoms with Crippen LogP contribution in [0.5, 0.6) is 0 Å². The maximum atomic E-state index is 12.0. The normalized spacial score (nSPS) is 10.8. The highest BCUT2D eigenvalue weighted by atomic mass is 16.5. The molecule has 0 unspecified atom stereocenters. The maximum Gasteiger partial charge on any atom is 0.314 e. The minimum absolute atomic E-state index is 0.0392. The Morgan fingerprint density at radius 1 is 1.31 bits per heavy atom. The Labute approximate surface area is 150 Å². The molecular weight excluding hydrogens is 340 g/mol. The smallest absolute Gasteiger partial charge is 0.314 e. The zero-order valence-corrected chi connectivity index (χ0v) is 15.1. The molecule has 0 fully saturated rings. The van der Waals surface area contributed by atoms with Crippen molar-refractivity contribution in [2.75, 3.05) is 25.6 Å². The van der Waals surface area contributed by atoms with Crippen molar-refractivity contribution in [3.8, 4) is 5.95 Å². The molecule has 0 bridgehead atoms. The largest absolute Gasteiger partial charge is 0.383 e. The Morgan fingerprint density at radius 3 is 2.69 bits per heavy atom. The molecule has 140 valence electrons. The highest BCUT2D eigenvalue weighted by Gasteiger charge is 2.18. The standard InChI is InChI=1S/C16H22N6O4/c1-9(2)11-8-13(23)20-16(18-11)22-12(7-10(3)21-22)19-15(25)14(24)17-5-6-26-4/h7-9H,5-6H2,1-4H3,(H,17,24)(H,19,25)(H,18,20,23). The van der Waals surface area contributed by atoms with Crippen LogP contribution in [0.3, 0.4) is 0 Å². The van der Waals surface area contributed by atoms with Crippen LogP contribution in [0.1, 0.15) is 31.2 Å². The van der Waals surface area contributed by atoms with Gasteiger partial charge in [-0.05, 0) is 12.8 Å². The fourth-order valence-electron chi connectivity index (χ4n) is 2.13. The van der Waals surface area contributed by atoms with Crippen LogP contribution in [-0.4, -0.2) is 51.8 Å². The first-order valence-corrected chi connectivity index (χ1v) is 8.08. The summed E-state index contributed by atoms with van der Waals surface area (Å²) >= 11 is 0. The van der Waals surface area contributed by atoms with Crippen LogP contribution >= 0.6 is 0 Å². The number of carbonyl (C=O) groups is 2. The maximum absolute atomic E-state index is 12.0. The number of hydrogen-bond donors (Lipinski definition) is 3. The summed E-state index contributed by atoms with van der Waals surface area (Å²) in [7, 11) is 1.49. The van der Waals surface area contributed by atoms with E-state index in [1.807, 2.05) is 13.8 Å². The summed E-state index contributed by atoms with van der Waals surface area (Å²) in [4.78, 5) is 42.7. The number of nitrogens with one attached hydrogen (secondary N) is 3. The number of aryl methyl sites for hydroxylation is 1. The van der Waals surface area contributed by atoms with E-state index in [1.54, 1.807) is 13.0 Å². The predicted molar refractivity (Wildman–Crippen MR) is 94.3 cm³/mol. The summed E-state index contributed by atoms with van der Waals surface area (Å²) in [6, 6.07) is 2.98. The number of methoxy groups -OCH3 is 1. The molecule has 0 saturated carbocycles. The number of H-pyrrole nitrogens is 1. The number of nitrogens with zero attached hydrogens (tertiary/aromatic N) is 3. The van der Waals surface area contributed by atoms with E-state index in [2.05, 4.69) is 25.7 Å². The van der Waals surface area contributed by atoms with Crippen molar-refractivity contribution >= 4 is 17.6 Å². The van der Waals surface area contributed by atoms with Crippen LogP contribution in [0, 0.1) is 6.92 Å². The fourth-order valence-corrected chi connectivity index (χ4v) is 2.13. The minimum atomic E-state index is -0.857. The number of carbonyl (C=O) groups excluding carboxylic acids is 2. The van der Waals surface area contributed by atoms with E-state index in [9.17, 15) is 14.4 Å². The van der Waals surface area contributed by atoms with Crippen molar-refractivity contribution in [2.45, 2.75) is 26.7 Å². The number of hydrogen-bond acceptors (Lipinski definition) is 6. The van der Waals surface area contributed by atoms with Crippen molar-refractivity contribution in [3.63, 3.8) is 0 Å². The molecule has 3 N–H and O–H groups in total. The average molecular weight is 362 g/mol. The highest BCUT2D eigenvalue weighted by molar-refractivity contribution is 6.39. The Kier molecular flexibility index (Phi) is 6.23. The van der Waals surface area contributed by atoms with Gasteiger partial charge in [0.2, 0.25) is 5.95 Å². The van der Waals surface area contributed by atoms with Gasteiger partial charge in [0.05, 0.1) is 18.0 Å². The summed E-state index contributed by atoms with van der Waals surface area (Å²) in [5.41, 5.74) is 0.839. The third-order valence-electron chi connectivity index (χ3n) is 3.41. The van der Waals surface area contributed by atoms with Gasteiger partial charge >= 0.3 is 11.8 Å². The summed E-state index contributed by atoms with van der Waals surface area (Å²) in [6.07, 6.45) is 0. The highest BCUT2D eigenvalue weighted by Crippen LogP contribution is 2.16. The molecule has 2 aromatic heterocycles. The van der Waals surface area contributed by atoms with Gasteiger partial charge in [0.1, 0.15) is 5.82 Å². The Morgan fingerprint density at radius 2 is 2.04 bits per heavy atom. The van der Waals surface area contributed by atoms with E-state index in [0.29, 0.717) is 18.0 Å². The molecule has 26 heavy (non-hydrogen) atoms. The van der Waals surface area contributed by atoms with Crippen LogP contribution in [0.2, 0.25) is 0 Å². The minimum Gasteiger partial charge on any atom is -0.383 e. The molecule has 2 heterocycles. The lowest BCUT2D eigenvalue weighted by Gasteiger charge is -2.10. The second kappa shape index (κ2) is 8.39. The fraction of sp³-hybridized carbons (Fsp3) is 0.438. The van der Waals surface area contributed by atoms with Crippen LogP contribution in [0.25, 0.3) is 5.95 Å². The third kappa shape index (κ3) is 4.76. The number of rotatable bonds is 6. The molecule has 2 amide bonds. The number of ether oxygens (including phenoxy) is 1. The molecule has 0 radical (unpaired) electrons. The summed E-state index contributed by atoms with van der Waals surface area (Å²) in [5.74, 6) is -1.24. The van der Waals surface area contributed by atoms with E-state index in [0.717, 1.165) is 0 Å². The lowest BCUT2D eigenvalue weighted by molar-refractivity contribution is -0.136. The van der Waals surface area contributed by atoms with Crippen LogP contribution in [0.4, 0.5) is 5.82 Å². The van der Waals surface area contributed by atoms with Gasteiger partial charge in [0.25, 0.3) is 5.56 Å². The molecule has 0 saturated heterocycles. The third-order valence-corrected chi connectivity index (χ3v) is 3.41. The van der Waals surface area contributed by atoms with Crippen LogP contribution in [0.15, 0.2) is 16.9 Å². The van der Waals surface area contributed by atoms with E-state index in [4.69, 9.17) is 4.74 Å². The van der Waals surface area contributed by atoms with Crippen molar-refractivity contribution in [2.24, 2.45) is 0 Å². The zero-order valence-electron chi connectivity index (χ0n) is 15.1. The topological polar surface area (TPSA) is 131 Å². The number of aromatic nitrogens is 4. The molecule has 0 aliphatic rings. The van der Waals surface area contributed by atoms with Crippen molar-refractivity contribution < 1.29 is 14.3 Å². The number of amides is 2. The molecule has 10 nitrogen and oxygen atoms in total. The lowest BCUT2D eigenvalue weighted by Crippen LogP contribution is -2.37. The van der Waals surface area contributed by atoms with Gasteiger partial charge in [0, 0.05) is 25.8 Å². The Bertz CT molecular complexity index is 855. The lowest BCUT2D eigenvalue weighted by atomic mass is 10.1. The summed E-state index contributed by atoms with van der Waals surface area (Å²) in [6.45, 7) is 6.05. The SMILES string of the molecule is COCCNC(=O)C(=O)Nc1cc(C)nn1-c1nc(C(C)C)cc(=O)[nH]1. The first-order valence-electron chi connectivity index (χ1n) is 8.08. The molecule has 0 spiro atoms. The van der Waals surface area contributed by atoms with Gasteiger partial charge in [-0.2, -0.15) is 9.78 Å². The monoisotopic (exact) mass is 362 g/mol. The van der Waals surface area contributed by atoms with Crippen molar-refractivity contribution in [1.82, 2.24) is 25.1 Å². The predicted octanol–water partition coefficient (Wildman–Crippen LogP) is 0.0885. The second-order valence-electron chi connectivity index (χ2n) is 5.93. The Hall–Kier alpha value is -3.01. The molecule has 2 rings (SSSR count). The van der Waals surface area contributed by atoms with Gasteiger partial charge < -0.3 is 15.4 Å². The van der Waals surface area contributed by atoms with Gasteiger partial charge in [0.15, 0.2) is 0 Å². The molecule has 0 aromatic carbocycles. The van der Waals surface area contributed by atoms with Gasteiger partial charge in [-0.25, -0.2) is 4.98 Å². The molecule has 2 aromatic rings. The Balaban J connectivity index is 2.27. The van der Waals surface area contributed by atoms with E-state index >= 15 is 0 Å². The van der Waals surface area contributed by atoms with Crippen LogP contribution < -0.4 is 16.2 Å².